The van der Waals surface area contributed by atoms with Crippen LogP contribution in [0.4, 0.5) is 0 Å². The Morgan fingerprint density at radius 1 is 1.58 bits per heavy atom. The van der Waals surface area contributed by atoms with E-state index < -0.39 is 0 Å². The molecule has 0 aliphatic heterocycles. The topological polar surface area (TPSA) is 55.1 Å². The summed E-state index contributed by atoms with van der Waals surface area (Å²) >= 11 is 1.59. The Morgan fingerprint density at radius 2 is 2.33 bits per heavy atom. The van der Waals surface area contributed by atoms with Crippen molar-refractivity contribution in [2.45, 2.75) is 4.90 Å². The number of hydrogen-bond donors (Lipinski definition) is 2. The average molecular weight is 182 g/mol. The van der Waals surface area contributed by atoms with Crippen LogP contribution >= 0.6 is 11.8 Å². The van der Waals surface area contributed by atoms with Crippen LogP contribution in [-0.2, 0) is 0 Å². The molecule has 1 rings (SSSR count). The minimum atomic E-state index is -0.258. The number of nitrogens with two attached hydrogens (primary N) is 1. The number of carbonyl (C=O) groups is 1. The Hall–Kier alpha value is -1.00. The molecule has 0 heterocycles. The maximum absolute atomic E-state index is 11.0. The Kier molecular flexibility index (Phi) is 3.13. The molecular formula is C8H10N2OS. The molecule has 1 aromatic carbocycles. The van der Waals surface area contributed by atoms with Crippen molar-refractivity contribution in [2.75, 3.05) is 6.26 Å². The number of thioether (sulfide) groups is 1. The predicted octanol–water partition coefficient (Wildman–Crippen LogP) is 1.01. The zero-order valence-corrected chi connectivity index (χ0v) is 7.52. The first-order valence-corrected chi connectivity index (χ1v) is 4.65. The second kappa shape index (κ2) is 4.13. The molecule has 0 bridgehead atoms. The molecule has 0 unspecified atom stereocenters. The number of hydrazine groups is 1. The minimum Gasteiger partial charge on any atom is -0.290 e. The number of carbonyl (C=O) groups excluding carboxylic acids is 1. The van der Waals surface area contributed by atoms with Crippen LogP contribution in [0.15, 0.2) is 29.2 Å². The fourth-order valence-corrected chi connectivity index (χ4v) is 1.31. The zero-order chi connectivity index (χ0) is 8.97. The molecule has 0 spiro atoms. The van der Waals surface area contributed by atoms with E-state index in [4.69, 9.17) is 5.84 Å². The molecule has 1 aromatic rings. The SMILES string of the molecule is CSc1cccc(C(=O)NN)c1. The quantitative estimate of drug-likeness (QED) is 0.310. The lowest BCUT2D eigenvalue weighted by atomic mass is 10.2. The van der Waals surface area contributed by atoms with Crippen LogP contribution in [0, 0.1) is 0 Å². The summed E-state index contributed by atoms with van der Waals surface area (Å²) in [5.41, 5.74) is 2.67. The number of rotatable bonds is 2. The van der Waals surface area contributed by atoms with E-state index in [0.29, 0.717) is 5.56 Å². The Labute approximate surface area is 75.3 Å². The van der Waals surface area contributed by atoms with Crippen LogP contribution in [0.2, 0.25) is 0 Å². The van der Waals surface area contributed by atoms with E-state index in [1.807, 2.05) is 18.4 Å². The summed E-state index contributed by atoms with van der Waals surface area (Å²) in [7, 11) is 0. The van der Waals surface area contributed by atoms with Gasteiger partial charge in [0.1, 0.15) is 0 Å². The molecule has 64 valence electrons. The molecule has 1 amide bonds. The van der Waals surface area contributed by atoms with Gasteiger partial charge in [0.25, 0.3) is 5.91 Å². The number of hydrogen-bond acceptors (Lipinski definition) is 3. The predicted molar refractivity (Wildman–Crippen MR) is 49.9 cm³/mol. The van der Waals surface area contributed by atoms with E-state index >= 15 is 0 Å². The third-order valence-electron chi connectivity index (χ3n) is 1.46. The van der Waals surface area contributed by atoms with Crippen LogP contribution in [-0.4, -0.2) is 12.2 Å². The maximum atomic E-state index is 11.0. The van der Waals surface area contributed by atoms with Crippen molar-refractivity contribution in [1.82, 2.24) is 5.43 Å². The number of benzene rings is 1. The van der Waals surface area contributed by atoms with Gasteiger partial charge in [0.2, 0.25) is 0 Å². The van der Waals surface area contributed by atoms with Gasteiger partial charge in [-0.2, -0.15) is 0 Å². The maximum Gasteiger partial charge on any atom is 0.265 e. The molecule has 0 aliphatic carbocycles. The summed E-state index contributed by atoms with van der Waals surface area (Å²) < 4.78 is 0. The van der Waals surface area contributed by atoms with Gasteiger partial charge in [0.05, 0.1) is 0 Å². The Morgan fingerprint density at radius 3 is 2.92 bits per heavy atom. The first kappa shape index (κ1) is 9.09. The molecule has 3 nitrogen and oxygen atoms in total. The van der Waals surface area contributed by atoms with Gasteiger partial charge >= 0.3 is 0 Å². The second-order valence-electron chi connectivity index (χ2n) is 2.21. The number of amides is 1. The monoisotopic (exact) mass is 182 g/mol. The van der Waals surface area contributed by atoms with Gasteiger partial charge in [-0.1, -0.05) is 6.07 Å². The Bertz CT molecular complexity index is 288. The third kappa shape index (κ3) is 1.99. The van der Waals surface area contributed by atoms with Crippen molar-refractivity contribution in [3.05, 3.63) is 29.8 Å². The normalized spacial score (nSPS) is 9.50. The van der Waals surface area contributed by atoms with E-state index in [1.54, 1.807) is 23.9 Å². The highest BCUT2D eigenvalue weighted by Crippen LogP contribution is 2.15. The smallest absolute Gasteiger partial charge is 0.265 e. The van der Waals surface area contributed by atoms with Crippen molar-refractivity contribution in [1.29, 1.82) is 0 Å². The lowest BCUT2D eigenvalue weighted by molar-refractivity contribution is 0.0953. The van der Waals surface area contributed by atoms with E-state index in [2.05, 4.69) is 5.43 Å². The zero-order valence-electron chi connectivity index (χ0n) is 6.70. The minimum absolute atomic E-state index is 0.258. The van der Waals surface area contributed by atoms with E-state index in [9.17, 15) is 4.79 Å². The first-order chi connectivity index (χ1) is 5.77. The third-order valence-corrected chi connectivity index (χ3v) is 2.19. The van der Waals surface area contributed by atoms with Gasteiger partial charge in [-0.3, -0.25) is 10.2 Å². The summed E-state index contributed by atoms with van der Waals surface area (Å²) in [6, 6.07) is 7.29. The highest BCUT2D eigenvalue weighted by Gasteiger charge is 2.02. The molecule has 12 heavy (non-hydrogen) atoms. The Balaban J connectivity index is 2.93. The second-order valence-corrected chi connectivity index (χ2v) is 3.09. The van der Waals surface area contributed by atoms with Crippen LogP contribution in [0.1, 0.15) is 10.4 Å². The highest BCUT2D eigenvalue weighted by molar-refractivity contribution is 7.98. The van der Waals surface area contributed by atoms with Gasteiger partial charge in [-0.05, 0) is 24.5 Å². The van der Waals surface area contributed by atoms with Crippen LogP contribution in [0.3, 0.4) is 0 Å². The summed E-state index contributed by atoms with van der Waals surface area (Å²) in [4.78, 5) is 12.1. The summed E-state index contributed by atoms with van der Waals surface area (Å²) in [6.45, 7) is 0. The van der Waals surface area contributed by atoms with E-state index in [1.165, 1.54) is 0 Å². The number of nitrogens with one attached hydrogen (secondary N) is 1. The summed E-state index contributed by atoms with van der Waals surface area (Å²) in [5, 5.41) is 0. The molecule has 0 aromatic heterocycles. The van der Waals surface area contributed by atoms with Gasteiger partial charge in [-0.15, -0.1) is 11.8 Å². The standard InChI is InChI=1S/C8H10N2OS/c1-12-7-4-2-3-6(5-7)8(11)10-9/h2-5H,9H2,1H3,(H,10,11). The molecule has 4 heteroatoms. The molecule has 3 N–H and O–H groups in total. The van der Waals surface area contributed by atoms with Crippen LogP contribution < -0.4 is 11.3 Å². The molecule has 0 aliphatic rings. The van der Waals surface area contributed by atoms with E-state index in [0.717, 1.165) is 4.90 Å². The van der Waals surface area contributed by atoms with Gasteiger partial charge < -0.3 is 0 Å². The first-order valence-electron chi connectivity index (χ1n) is 3.43. The molecule has 0 saturated carbocycles. The van der Waals surface area contributed by atoms with E-state index in [-0.39, 0.29) is 5.91 Å². The fourth-order valence-electron chi connectivity index (χ4n) is 0.848. The largest absolute Gasteiger partial charge is 0.290 e. The van der Waals surface area contributed by atoms with Crippen molar-refractivity contribution in [3.63, 3.8) is 0 Å². The molecule has 0 saturated heterocycles. The van der Waals surface area contributed by atoms with Crippen LogP contribution in [0.25, 0.3) is 0 Å². The lowest BCUT2D eigenvalue weighted by Crippen LogP contribution is -2.29. The summed E-state index contributed by atoms with van der Waals surface area (Å²) in [6.07, 6.45) is 1.96. The average Bonchev–Trinajstić information content (AvgIpc) is 2.17. The van der Waals surface area contributed by atoms with Crippen molar-refractivity contribution < 1.29 is 4.79 Å². The lowest BCUT2D eigenvalue weighted by Gasteiger charge is -2.00. The summed E-state index contributed by atoms with van der Waals surface area (Å²) in [5.74, 6) is 4.73. The molecule has 0 atom stereocenters. The van der Waals surface area contributed by atoms with Crippen molar-refractivity contribution in [3.8, 4) is 0 Å². The molecular weight excluding hydrogens is 172 g/mol. The van der Waals surface area contributed by atoms with Crippen molar-refractivity contribution in [2.24, 2.45) is 5.84 Å². The van der Waals surface area contributed by atoms with Gasteiger partial charge in [0.15, 0.2) is 0 Å². The highest BCUT2D eigenvalue weighted by atomic mass is 32.2. The number of nitrogen functional groups attached to an aromatic ring is 1. The van der Waals surface area contributed by atoms with Crippen molar-refractivity contribution >= 4 is 17.7 Å². The van der Waals surface area contributed by atoms with Gasteiger partial charge in [0, 0.05) is 10.5 Å². The fraction of sp³-hybridized carbons (Fsp3) is 0.125. The molecule has 0 radical (unpaired) electrons. The van der Waals surface area contributed by atoms with Crippen LogP contribution in [0.5, 0.6) is 0 Å². The van der Waals surface area contributed by atoms with Gasteiger partial charge in [-0.25, -0.2) is 5.84 Å². The molecule has 0 fully saturated rings.